The number of aromatic amines is 1. The predicted octanol–water partition coefficient (Wildman–Crippen LogP) is 5.64. The number of carbonyl (C=O) groups is 1. The third kappa shape index (κ3) is 3.92. The SMILES string of the molecule is COc1ccc2[nH]c3c(c2c1)CCN(C(=O)C=C(C)C)[C@@H]3c1cccc(C(F)(F)F)c1. The lowest BCUT2D eigenvalue weighted by atomic mass is 9.91. The highest BCUT2D eigenvalue weighted by atomic mass is 19.4. The maximum absolute atomic E-state index is 13.4. The molecule has 0 saturated heterocycles. The maximum Gasteiger partial charge on any atom is 0.416 e. The average molecular weight is 428 g/mol. The van der Waals surface area contributed by atoms with E-state index < -0.39 is 17.8 Å². The van der Waals surface area contributed by atoms with E-state index in [0.29, 0.717) is 24.3 Å². The van der Waals surface area contributed by atoms with Gasteiger partial charge in [0.2, 0.25) is 5.91 Å². The Balaban J connectivity index is 1.91. The van der Waals surface area contributed by atoms with Crippen molar-refractivity contribution in [1.82, 2.24) is 9.88 Å². The van der Waals surface area contributed by atoms with Gasteiger partial charge in [-0.25, -0.2) is 0 Å². The van der Waals surface area contributed by atoms with Gasteiger partial charge in [-0.1, -0.05) is 17.7 Å². The molecule has 7 heteroatoms. The number of allylic oxidation sites excluding steroid dienone is 1. The van der Waals surface area contributed by atoms with Crippen LogP contribution in [-0.2, 0) is 17.4 Å². The van der Waals surface area contributed by atoms with Crippen LogP contribution in [0.25, 0.3) is 10.9 Å². The van der Waals surface area contributed by atoms with Crippen molar-refractivity contribution in [2.24, 2.45) is 0 Å². The fourth-order valence-corrected chi connectivity index (χ4v) is 4.19. The number of nitrogens with zero attached hydrogens (tertiary/aromatic N) is 1. The number of aromatic nitrogens is 1. The monoisotopic (exact) mass is 428 g/mol. The number of hydrogen-bond donors (Lipinski definition) is 1. The molecule has 2 heterocycles. The van der Waals surface area contributed by atoms with Crippen LogP contribution in [0, 0.1) is 0 Å². The number of halogens is 3. The summed E-state index contributed by atoms with van der Waals surface area (Å²) in [6.45, 7) is 4.05. The summed E-state index contributed by atoms with van der Waals surface area (Å²) >= 11 is 0. The summed E-state index contributed by atoms with van der Waals surface area (Å²) in [4.78, 5) is 18.0. The molecule has 1 amide bonds. The molecule has 162 valence electrons. The van der Waals surface area contributed by atoms with E-state index >= 15 is 0 Å². The van der Waals surface area contributed by atoms with Gasteiger partial charge in [0.1, 0.15) is 5.75 Å². The van der Waals surface area contributed by atoms with Crippen LogP contribution in [0.5, 0.6) is 5.75 Å². The van der Waals surface area contributed by atoms with Gasteiger partial charge < -0.3 is 14.6 Å². The van der Waals surface area contributed by atoms with E-state index in [4.69, 9.17) is 4.74 Å². The second-order valence-electron chi connectivity index (χ2n) is 7.96. The van der Waals surface area contributed by atoms with Gasteiger partial charge in [0, 0.05) is 29.2 Å². The smallest absolute Gasteiger partial charge is 0.416 e. The van der Waals surface area contributed by atoms with Crippen LogP contribution in [0.1, 0.15) is 42.3 Å². The summed E-state index contributed by atoms with van der Waals surface area (Å²) in [5.41, 5.74) is 3.12. The molecule has 1 aliphatic rings. The van der Waals surface area contributed by atoms with E-state index in [1.165, 1.54) is 12.1 Å². The highest BCUT2D eigenvalue weighted by molar-refractivity contribution is 5.91. The summed E-state index contributed by atoms with van der Waals surface area (Å²) < 4.78 is 45.5. The van der Waals surface area contributed by atoms with Crippen LogP contribution in [0.3, 0.4) is 0 Å². The zero-order chi connectivity index (χ0) is 22.3. The molecule has 1 aliphatic heterocycles. The number of carbonyl (C=O) groups excluding carboxylic acids is 1. The number of rotatable bonds is 3. The maximum atomic E-state index is 13.4. The normalized spacial score (nSPS) is 16.2. The van der Waals surface area contributed by atoms with Crippen LogP contribution < -0.4 is 4.74 Å². The van der Waals surface area contributed by atoms with Crippen LogP contribution in [0.4, 0.5) is 13.2 Å². The van der Waals surface area contributed by atoms with Crippen LogP contribution in [0.2, 0.25) is 0 Å². The molecule has 3 aromatic rings. The third-order valence-corrected chi connectivity index (χ3v) is 5.56. The highest BCUT2D eigenvalue weighted by Gasteiger charge is 2.36. The minimum absolute atomic E-state index is 0.218. The van der Waals surface area contributed by atoms with Crippen molar-refractivity contribution in [2.45, 2.75) is 32.5 Å². The Hall–Kier alpha value is -3.22. The molecule has 2 aromatic carbocycles. The van der Waals surface area contributed by atoms with Crippen molar-refractivity contribution < 1.29 is 22.7 Å². The quantitative estimate of drug-likeness (QED) is 0.549. The summed E-state index contributed by atoms with van der Waals surface area (Å²) in [5.74, 6) is 0.484. The first-order chi connectivity index (χ1) is 14.7. The summed E-state index contributed by atoms with van der Waals surface area (Å²) in [6.07, 6.45) is -2.34. The van der Waals surface area contributed by atoms with Crippen molar-refractivity contribution in [2.75, 3.05) is 13.7 Å². The summed E-state index contributed by atoms with van der Waals surface area (Å²) in [5, 5.41) is 0.959. The van der Waals surface area contributed by atoms with Gasteiger partial charge in [-0.2, -0.15) is 13.2 Å². The van der Waals surface area contributed by atoms with Crippen LogP contribution >= 0.6 is 0 Å². The number of benzene rings is 2. The molecule has 0 spiro atoms. The predicted molar refractivity (Wildman–Crippen MR) is 113 cm³/mol. The molecule has 31 heavy (non-hydrogen) atoms. The van der Waals surface area contributed by atoms with Gasteiger partial charge >= 0.3 is 6.18 Å². The Morgan fingerprint density at radius 1 is 1.19 bits per heavy atom. The largest absolute Gasteiger partial charge is 0.497 e. The third-order valence-electron chi connectivity index (χ3n) is 5.56. The second-order valence-corrected chi connectivity index (χ2v) is 7.96. The van der Waals surface area contributed by atoms with Crippen molar-refractivity contribution in [3.05, 3.63) is 76.5 Å². The first-order valence-electron chi connectivity index (χ1n) is 10.00. The second kappa shape index (κ2) is 7.80. The fraction of sp³-hybridized carbons (Fsp3) is 0.292. The number of fused-ring (bicyclic) bond motifs is 3. The molecule has 0 saturated carbocycles. The summed E-state index contributed by atoms with van der Waals surface area (Å²) in [6, 6.07) is 10.2. The zero-order valence-corrected chi connectivity index (χ0v) is 17.5. The van der Waals surface area contributed by atoms with E-state index in [9.17, 15) is 18.0 Å². The number of amides is 1. The van der Waals surface area contributed by atoms with Gasteiger partial charge in [-0.05, 0) is 61.7 Å². The molecule has 0 radical (unpaired) electrons. The van der Waals surface area contributed by atoms with Gasteiger partial charge in [0.15, 0.2) is 0 Å². The van der Waals surface area contributed by atoms with Crippen LogP contribution in [-0.4, -0.2) is 29.4 Å². The van der Waals surface area contributed by atoms with Gasteiger partial charge in [-0.3, -0.25) is 4.79 Å². The molecule has 4 nitrogen and oxygen atoms in total. The first-order valence-corrected chi connectivity index (χ1v) is 10.00. The molecular weight excluding hydrogens is 405 g/mol. The van der Waals surface area contributed by atoms with Crippen LogP contribution in [0.15, 0.2) is 54.1 Å². The molecular formula is C24H23F3N2O2. The Labute approximate surface area is 178 Å². The molecule has 4 rings (SSSR count). The number of alkyl halides is 3. The number of H-pyrrole nitrogens is 1. The average Bonchev–Trinajstić information content (AvgIpc) is 3.09. The van der Waals surface area contributed by atoms with Gasteiger partial charge in [-0.15, -0.1) is 0 Å². The summed E-state index contributed by atoms with van der Waals surface area (Å²) in [7, 11) is 1.59. The standard InChI is InChI=1S/C24H23F3N2O2/c1-14(2)11-21(30)29-10-9-18-19-13-17(31-3)7-8-20(19)28-22(18)23(29)15-5-4-6-16(12-15)24(25,26)27/h4-8,11-13,23,28H,9-10H2,1-3H3/t23-/m1/s1. The van der Waals surface area contributed by atoms with E-state index in [1.54, 1.807) is 18.1 Å². The Bertz CT molecular complexity index is 1170. The minimum Gasteiger partial charge on any atom is -0.497 e. The lowest BCUT2D eigenvalue weighted by Crippen LogP contribution is -2.40. The molecule has 0 fully saturated rings. The molecule has 0 bridgehead atoms. The topological polar surface area (TPSA) is 45.3 Å². The Kier molecular flexibility index (Phi) is 5.29. The molecule has 1 atom stereocenters. The van der Waals surface area contributed by atoms with E-state index in [2.05, 4.69) is 4.98 Å². The van der Waals surface area contributed by atoms with E-state index in [-0.39, 0.29) is 5.91 Å². The van der Waals surface area contributed by atoms with Crippen molar-refractivity contribution in [3.63, 3.8) is 0 Å². The molecule has 1 N–H and O–H groups in total. The van der Waals surface area contributed by atoms with E-state index in [0.717, 1.165) is 39.9 Å². The Morgan fingerprint density at radius 2 is 1.97 bits per heavy atom. The lowest BCUT2D eigenvalue weighted by molar-refractivity contribution is -0.137. The Morgan fingerprint density at radius 3 is 2.65 bits per heavy atom. The van der Waals surface area contributed by atoms with Crippen molar-refractivity contribution in [1.29, 1.82) is 0 Å². The number of hydrogen-bond acceptors (Lipinski definition) is 2. The molecule has 0 aliphatic carbocycles. The number of methoxy groups -OCH3 is 1. The molecule has 1 aromatic heterocycles. The minimum atomic E-state index is -4.46. The van der Waals surface area contributed by atoms with Crippen molar-refractivity contribution >= 4 is 16.8 Å². The fourth-order valence-electron chi connectivity index (χ4n) is 4.19. The number of nitrogens with one attached hydrogen (secondary N) is 1. The molecule has 0 unspecified atom stereocenters. The lowest BCUT2D eigenvalue weighted by Gasteiger charge is -2.36. The number of ether oxygens (including phenoxy) is 1. The van der Waals surface area contributed by atoms with E-state index in [1.807, 2.05) is 32.0 Å². The first kappa shape index (κ1) is 21.0. The highest BCUT2D eigenvalue weighted by Crippen LogP contribution is 2.41. The van der Waals surface area contributed by atoms with Gasteiger partial charge in [0.25, 0.3) is 0 Å². The van der Waals surface area contributed by atoms with Gasteiger partial charge in [0.05, 0.1) is 18.7 Å². The van der Waals surface area contributed by atoms with Crippen molar-refractivity contribution in [3.8, 4) is 5.75 Å². The zero-order valence-electron chi connectivity index (χ0n) is 17.5.